The van der Waals surface area contributed by atoms with Crippen LogP contribution in [0.2, 0.25) is 0 Å². The highest BCUT2D eigenvalue weighted by Gasteiger charge is 2.34. The first kappa shape index (κ1) is 12.0. The quantitative estimate of drug-likeness (QED) is 0.828. The van der Waals surface area contributed by atoms with Gasteiger partial charge in [0.1, 0.15) is 0 Å². The van der Waals surface area contributed by atoms with Gasteiger partial charge >= 0.3 is 6.03 Å². The van der Waals surface area contributed by atoms with E-state index in [0.29, 0.717) is 17.3 Å². The normalized spacial score (nSPS) is 24.9. The van der Waals surface area contributed by atoms with Crippen LogP contribution in [0.4, 0.5) is 10.5 Å². The molecule has 5 nitrogen and oxygen atoms in total. The van der Waals surface area contributed by atoms with Crippen molar-refractivity contribution in [1.82, 2.24) is 9.80 Å². The van der Waals surface area contributed by atoms with Crippen LogP contribution in [0.3, 0.4) is 0 Å². The molecule has 2 fully saturated rings. The molecule has 2 amide bonds. The summed E-state index contributed by atoms with van der Waals surface area (Å²) >= 11 is 0. The van der Waals surface area contributed by atoms with Crippen LogP contribution in [-0.4, -0.2) is 48.1 Å². The van der Waals surface area contributed by atoms with Gasteiger partial charge in [0.05, 0.1) is 11.6 Å². The Morgan fingerprint density at radius 1 is 1.37 bits per heavy atom. The number of anilines is 1. The lowest BCUT2D eigenvalue weighted by molar-refractivity contribution is 0.153. The predicted octanol–water partition coefficient (Wildman–Crippen LogP) is 1.48. The molecule has 2 aliphatic rings. The number of hydrogen-bond acceptors (Lipinski definition) is 3. The van der Waals surface area contributed by atoms with Gasteiger partial charge in [-0.3, -0.25) is 4.90 Å². The number of nitrogens with one attached hydrogen (secondary N) is 1. The highest BCUT2D eigenvalue weighted by atomic mass is 16.2. The minimum atomic E-state index is -0.0540. The Labute approximate surface area is 112 Å². The van der Waals surface area contributed by atoms with Gasteiger partial charge in [-0.1, -0.05) is 6.07 Å². The molecule has 5 heteroatoms. The van der Waals surface area contributed by atoms with Crippen molar-refractivity contribution >= 4 is 11.7 Å². The summed E-state index contributed by atoms with van der Waals surface area (Å²) in [5.74, 6) is 0. The van der Waals surface area contributed by atoms with E-state index in [1.807, 2.05) is 11.0 Å². The first-order valence-electron chi connectivity index (χ1n) is 6.56. The van der Waals surface area contributed by atoms with Crippen molar-refractivity contribution in [3.05, 3.63) is 29.8 Å². The van der Waals surface area contributed by atoms with Crippen LogP contribution < -0.4 is 5.32 Å². The van der Waals surface area contributed by atoms with Gasteiger partial charge in [-0.2, -0.15) is 5.26 Å². The van der Waals surface area contributed by atoms with E-state index in [9.17, 15) is 4.79 Å². The Balaban J connectivity index is 1.69. The molecular formula is C14H16N4O. The summed E-state index contributed by atoms with van der Waals surface area (Å²) < 4.78 is 0. The fourth-order valence-electron chi connectivity index (χ4n) is 2.83. The van der Waals surface area contributed by atoms with Gasteiger partial charge in [-0.05, 0) is 24.6 Å². The number of amides is 2. The maximum absolute atomic E-state index is 12.3. The molecule has 2 bridgehead atoms. The Morgan fingerprint density at radius 3 is 3.11 bits per heavy atom. The molecule has 19 heavy (non-hydrogen) atoms. The summed E-state index contributed by atoms with van der Waals surface area (Å²) in [7, 11) is 0. The highest BCUT2D eigenvalue weighted by Crippen LogP contribution is 2.21. The third-order valence-electron chi connectivity index (χ3n) is 3.85. The van der Waals surface area contributed by atoms with Crippen molar-refractivity contribution in [2.75, 3.05) is 31.5 Å². The van der Waals surface area contributed by atoms with E-state index in [1.54, 1.807) is 18.2 Å². The van der Waals surface area contributed by atoms with E-state index >= 15 is 0 Å². The SMILES string of the molecule is N#Cc1cccc(NC(=O)N2CCN3CC[C@H]2C3)c1. The Hall–Kier alpha value is -2.06. The molecule has 0 aromatic heterocycles. The number of fused-ring (bicyclic) bond motifs is 2. The summed E-state index contributed by atoms with van der Waals surface area (Å²) in [5.41, 5.74) is 1.24. The van der Waals surface area contributed by atoms with Gasteiger partial charge in [-0.15, -0.1) is 0 Å². The maximum atomic E-state index is 12.3. The van der Waals surface area contributed by atoms with E-state index in [-0.39, 0.29) is 6.03 Å². The van der Waals surface area contributed by atoms with Gasteiger partial charge in [-0.25, -0.2) is 4.79 Å². The number of nitrogens with zero attached hydrogens (tertiary/aromatic N) is 3. The molecule has 1 aromatic carbocycles. The third-order valence-corrected chi connectivity index (χ3v) is 3.85. The summed E-state index contributed by atoms with van der Waals surface area (Å²) in [6, 6.07) is 9.38. The zero-order valence-corrected chi connectivity index (χ0v) is 10.7. The monoisotopic (exact) mass is 256 g/mol. The van der Waals surface area contributed by atoms with E-state index in [0.717, 1.165) is 32.6 Å². The molecule has 2 aliphatic heterocycles. The van der Waals surface area contributed by atoms with Gasteiger partial charge < -0.3 is 10.2 Å². The molecule has 1 N–H and O–H groups in total. The zero-order valence-electron chi connectivity index (χ0n) is 10.7. The second kappa shape index (κ2) is 4.90. The minimum Gasteiger partial charge on any atom is -0.319 e. The molecule has 1 unspecified atom stereocenters. The van der Waals surface area contributed by atoms with Crippen LogP contribution in [0.25, 0.3) is 0 Å². The van der Waals surface area contributed by atoms with Crippen LogP contribution in [0.15, 0.2) is 24.3 Å². The average molecular weight is 256 g/mol. The minimum absolute atomic E-state index is 0.0540. The first-order valence-corrected chi connectivity index (χ1v) is 6.56. The molecule has 2 heterocycles. The van der Waals surface area contributed by atoms with Crippen molar-refractivity contribution in [2.45, 2.75) is 12.5 Å². The van der Waals surface area contributed by atoms with Crippen LogP contribution in [0, 0.1) is 11.3 Å². The van der Waals surface area contributed by atoms with Crippen molar-refractivity contribution in [3.8, 4) is 6.07 Å². The topological polar surface area (TPSA) is 59.4 Å². The number of carbonyl (C=O) groups excluding carboxylic acids is 1. The Kier molecular flexibility index (Phi) is 3.10. The fraction of sp³-hybridized carbons (Fsp3) is 0.429. The number of urea groups is 1. The highest BCUT2D eigenvalue weighted by molar-refractivity contribution is 5.89. The molecule has 1 aromatic rings. The maximum Gasteiger partial charge on any atom is 0.322 e. The fourth-order valence-corrected chi connectivity index (χ4v) is 2.83. The molecule has 0 radical (unpaired) electrons. The van der Waals surface area contributed by atoms with Gasteiger partial charge in [0.2, 0.25) is 0 Å². The lowest BCUT2D eigenvalue weighted by Crippen LogP contribution is -2.51. The molecule has 2 saturated heterocycles. The number of hydrogen-bond donors (Lipinski definition) is 1. The summed E-state index contributed by atoms with van der Waals surface area (Å²) in [6.45, 7) is 3.83. The van der Waals surface area contributed by atoms with E-state index in [2.05, 4.69) is 16.3 Å². The smallest absolute Gasteiger partial charge is 0.319 e. The number of benzene rings is 1. The van der Waals surface area contributed by atoms with Crippen LogP contribution in [-0.2, 0) is 0 Å². The van der Waals surface area contributed by atoms with E-state index in [4.69, 9.17) is 5.26 Å². The Morgan fingerprint density at radius 2 is 2.26 bits per heavy atom. The number of piperazine rings is 1. The third kappa shape index (κ3) is 2.40. The molecular weight excluding hydrogens is 240 g/mol. The van der Waals surface area contributed by atoms with Crippen molar-refractivity contribution < 1.29 is 4.79 Å². The van der Waals surface area contributed by atoms with E-state index in [1.165, 1.54) is 0 Å². The van der Waals surface area contributed by atoms with Gasteiger partial charge in [0.25, 0.3) is 0 Å². The molecule has 98 valence electrons. The molecule has 0 aliphatic carbocycles. The zero-order chi connectivity index (χ0) is 13.2. The average Bonchev–Trinajstić information content (AvgIpc) is 2.80. The van der Waals surface area contributed by atoms with Crippen molar-refractivity contribution in [2.24, 2.45) is 0 Å². The summed E-state index contributed by atoms with van der Waals surface area (Å²) in [4.78, 5) is 16.6. The van der Waals surface area contributed by atoms with Crippen molar-refractivity contribution in [3.63, 3.8) is 0 Å². The van der Waals surface area contributed by atoms with Crippen LogP contribution in [0.1, 0.15) is 12.0 Å². The second-order valence-electron chi connectivity index (χ2n) is 5.06. The number of carbonyl (C=O) groups is 1. The predicted molar refractivity (Wildman–Crippen MR) is 71.7 cm³/mol. The number of nitriles is 1. The number of rotatable bonds is 1. The molecule has 0 saturated carbocycles. The Bertz CT molecular complexity index is 536. The molecule has 0 spiro atoms. The second-order valence-corrected chi connectivity index (χ2v) is 5.06. The first-order chi connectivity index (χ1) is 9.26. The van der Waals surface area contributed by atoms with E-state index < -0.39 is 0 Å². The standard InChI is InChI=1S/C14H16N4O/c15-9-11-2-1-3-12(8-11)16-14(19)18-7-6-17-5-4-13(18)10-17/h1-3,8,13H,4-7,10H2,(H,16,19)/t13-/m0/s1. The molecule has 3 rings (SSSR count). The van der Waals surface area contributed by atoms with Gasteiger partial charge in [0, 0.05) is 37.9 Å². The summed E-state index contributed by atoms with van der Waals surface area (Å²) in [6.07, 6.45) is 1.06. The van der Waals surface area contributed by atoms with Crippen LogP contribution in [0.5, 0.6) is 0 Å². The lowest BCUT2D eigenvalue weighted by atomic mass is 10.2. The summed E-state index contributed by atoms with van der Waals surface area (Å²) in [5, 5.41) is 11.7. The van der Waals surface area contributed by atoms with Crippen molar-refractivity contribution in [1.29, 1.82) is 5.26 Å². The molecule has 2 atom stereocenters. The largest absolute Gasteiger partial charge is 0.322 e. The van der Waals surface area contributed by atoms with Gasteiger partial charge in [0.15, 0.2) is 0 Å². The van der Waals surface area contributed by atoms with Crippen LogP contribution >= 0.6 is 0 Å². The lowest BCUT2D eigenvalue weighted by Gasteiger charge is -2.34.